The summed E-state index contributed by atoms with van der Waals surface area (Å²) in [6.45, 7) is 2.28. The molecule has 0 spiro atoms. The number of unbranched alkanes of at least 4 members (excludes halogenated alkanes) is 1. The van der Waals surface area contributed by atoms with E-state index in [9.17, 15) is 4.79 Å². The first-order valence-corrected chi connectivity index (χ1v) is 11.4. The number of hydrogen-bond acceptors (Lipinski definition) is 2. The number of halogens is 1. The van der Waals surface area contributed by atoms with Gasteiger partial charge in [-0.05, 0) is 96.4 Å². The number of carbonyl (C=O) groups excluding carboxylic acids is 1. The highest BCUT2D eigenvalue weighted by molar-refractivity contribution is 5.95. The van der Waals surface area contributed by atoms with Gasteiger partial charge in [0.25, 0.3) is 0 Å². The third-order valence-corrected chi connectivity index (χ3v) is 7.50. The summed E-state index contributed by atoms with van der Waals surface area (Å²) in [6.07, 6.45) is 11.6. The number of carbonyl (C=O) groups is 1. The Kier molecular flexibility index (Phi) is 6.22. The third-order valence-electron chi connectivity index (χ3n) is 7.50. The molecule has 0 heterocycles. The Morgan fingerprint density at radius 3 is 2.62 bits per heavy atom. The molecule has 2 unspecified atom stereocenters. The zero-order chi connectivity index (χ0) is 20.4. The number of hydrogen-bond donors (Lipinski definition) is 0. The highest BCUT2D eigenvalue weighted by Crippen LogP contribution is 2.49. The SMILES string of the molecule is CCCCC1CC[C@@H]2CC(c3cc4ccc(C(=O)OC)cc4cc3F)CC[C@H]2C1. The first kappa shape index (κ1) is 20.4. The van der Waals surface area contributed by atoms with E-state index in [1.165, 1.54) is 52.1 Å². The topological polar surface area (TPSA) is 26.3 Å². The van der Waals surface area contributed by atoms with Crippen LogP contribution in [0.1, 0.15) is 86.6 Å². The van der Waals surface area contributed by atoms with Crippen LogP contribution in [0.15, 0.2) is 30.3 Å². The summed E-state index contributed by atoms with van der Waals surface area (Å²) in [5.41, 5.74) is 1.34. The Balaban J connectivity index is 1.49. The van der Waals surface area contributed by atoms with Crippen molar-refractivity contribution in [1.29, 1.82) is 0 Å². The third kappa shape index (κ3) is 4.34. The van der Waals surface area contributed by atoms with Crippen molar-refractivity contribution < 1.29 is 13.9 Å². The van der Waals surface area contributed by atoms with Crippen molar-refractivity contribution in [2.75, 3.05) is 7.11 Å². The lowest BCUT2D eigenvalue weighted by atomic mass is 9.63. The molecule has 156 valence electrons. The zero-order valence-corrected chi connectivity index (χ0v) is 17.8. The molecule has 2 nitrogen and oxygen atoms in total. The molecule has 0 aliphatic heterocycles. The van der Waals surface area contributed by atoms with Crippen molar-refractivity contribution in [2.45, 2.75) is 70.6 Å². The van der Waals surface area contributed by atoms with Crippen LogP contribution in [0.5, 0.6) is 0 Å². The maximum Gasteiger partial charge on any atom is 0.337 e. The van der Waals surface area contributed by atoms with Crippen LogP contribution in [-0.4, -0.2) is 13.1 Å². The second-order valence-electron chi connectivity index (χ2n) is 9.28. The molecule has 4 rings (SSSR count). The van der Waals surface area contributed by atoms with Crippen LogP contribution in [0.3, 0.4) is 0 Å². The molecule has 2 aromatic carbocycles. The molecule has 2 aliphatic carbocycles. The van der Waals surface area contributed by atoms with Crippen molar-refractivity contribution in [2.24, 2.45) is 17.8 Å². The van der Waals surface area contributed by atoms with Gasteiger partial charge in [-0.15, -0.1) is 0 Å². The molecule has 0 N–H and O–H groups in total. The molecule has 0 amide bonds. The van der Waals surface area contributed by atoms with E-state index in [-0.39, 0.29) is 11.8 Å². The summed E-state index contributed by atoms with van der Waals surface area (Å²) >= 11 is 0. The summed E-state index contributed by atoms with van der Waals surface area (Å²) in [5, 5.41) is 1.76. The van der Waals surface area contributed by atoms with Gasteiger partial charge in [0.1, 0.15) is 5.82 Å². The number of methoxy groups -OCH3 is 1. The predicted molar refractivity (Wildman–Crippen MR) is 116 cm³/mol. The van der Waals surface area contributed by atoms with Crippen molar-refractivity contribution >= 4 is 16.7 Å². The molecule has 2 fully saturated rings. The molecule has 2 aliphatic rings. The monoisotopic (exact) mass is 396 g/mol. The first-order chi connectivity index (χ1) is 14.1. The minimum Gasteiger partial charge on any atom is -0.465 e. The second kappa shape index (κ2) is 8.85. The van der Waals surface area contributed by atoms with Crippen LogP contribution in [0, 0.1) is 23.6 Å². The number of esters is 1. The van der Waals surface area contributed by atoms with Crippen molar-refractivity contribution in [3.05, 3.63) is 47.3 Å². The van der Waals surface area contributed by atoms with Gasteiger partial charge in [0.15, 0.2) is 0 Å². The van der Waals surface area contributed by atoms with E-state index in [0.29, 0.717) is 11.5 Å². The second-order valence-corrected chi connectivity index (χ2v) is 9.28. The molecule has 3 heteroatoms. The lowest BCUT2D eigenvalue weighted by Crippen LogP contribution is -2.30. The normalized spacial score (nSPS) is 26.9. The Bertz CT molecular complexity index is 874. The Morgan fingerprint density at radius 1 is 1.03 bits per heavy atom. The molecule has 2 aromatic rings. The average molecular weight is 397 g/mol. The van der Waals surface area contributed by atoms with E-state index in [4.69, 9.17) is 4.74 Å². The van der Waals surface area contributed by atoms with Crippen molar-refractivity contribution in [3.8, 4) is 0 Å². The summed E-state index contributed by atoms with van der Waals surface area (Å²) < 4.78 is 19.8. The Morgan fingerprint density at radius 2 is 1.83 bits per heavy atom. The summed E-state index contributed by atoms with van der Waals surface area (Å²) in [5.74, 6) is 2.36. The van der Waals surface area contributed by atoms with Crippen LogP contribution in [0.2, 0.25) is 0 Å². The summed E-state index contributed by atoms with van der Waals surface area (Å²) in [7, 11) is 1.36. The summed E-state index contributed by atoms with van der Waals surface area (Å²) in [6, 6.07) is 9.02. The van der Waals surface area contributed by atoms with E-state index >= 15 is 4.39 Å². The molecule has 29 heavy (non-hydrogen) atoms. The van der Waals surface area contributed by atoms with Gasteiger partial charge in [-0.2, -0.15) is 0 Å². The summed E-state index contributed by atoms with van der Waals surface area (Å²) in [4.78, 5) is 11.8. The van der Waals surface area contributed by atoms with Gasteiger partial charge in [0.2, 0.25) is 0 Å². The van der Waals surface area contributed by atoms with E-state index in [1.54, 1.807) is 18.2 Å². The number of rotatable bonds is 5. The Hall–Kier alpha value is -1.90. The molecular formula is C26H33FO2. The minimum atomic E-state index is -0.385. The molecule has 2 saturated carbocycles. The van der Waals surface area contributed by atoms with Crippen molar-refractivity contribution in [1.82, 2.24) is 0 Å². The fraction of sp³-hybridized carbons (Fsp3) is 0.577. The van der Waals surface area contributed by atoms with Gasteiger partial charge in [-0.3, -0.25) is 0 Å². The van der Waals surface area contributed by atoms with Gasteiger partial charge < -0.3 is 4.74 Å². The van der Waals surface area contributed by atoms with Crippen LogP contribution in [0.25, 0.3) is 10.8 Å². The van der Waals surface area contributed by atoms with E-state index < -0.39 is 0 Å². The van der Waals surface area contributed by atoms with E-state index in [1.807, 2.05) is 12.1 Å². The standard InChI is InChI=1S/C26H33FO2/c1-3-4-5-17-6-7-19-13-21(10-8-18(19)12-17)24-15-20-9-11-22(26(28)29-2)14-23(20)16-25(24)27/h9,11,14-19,21H,3-8,10,12-13H2,1-2H3/t17?,18-,19+,21?/m0/s1. The van der Waals surface area contributed by atoms with Crippen LogP contribution < -0.4 is 0 Å². The lowest BCUT2D eigenvalue weighted by molar-refractivity contribution is 0.0601. The first-order valence-electron chi connectivity index (χ1n) is 11.4. The molecular weight excluding hydrogens is 363 g/mol. The quantitative estimate of drug-likeness (QED) is 0.497. The van der Waals surface area contributed by atoms with E-state index in [0.717, 1.165) is 46.9 Å². The largest absolute Gasteiger partial charge is 0.465 e. The fourth-order valence-corrected chi connectivity index (χ4v) is 5.87. The lowest BCUT2D eigenvalue weighted by Gasteiger charge is -2.42. The molecule has 0 radical (unpaired) electrons. The molecule has 0 aromatic heterocycles. The van der Waals surface area contributed by atoms with Gasteiger partial charge in [0.05, 0.1) is 12.7 Å². The molecule has 0 saturated heterocycles. The van der Waals surface area contributed by atoms with E-state index in [2.05, 4.69) is 6.92 Å². The number of benzene rings is 2. The highest BCUT2D eigenvalue weighted by atomic mass is 19.1. The van der Waals surface area contributed by atoms with Crippen LogP contribution >= 0.6 is 0 Å². The fourth-order valence-electron chi connectivity index (χ4n) is 5.87. The van der Waals surface area contributed by atoms with Gasteiger partial charge in [0, 0.05) is 0 Å². The van der Waals surface area contributed by atoms with Gasteiger partial charge in [-0.1, -0.05) is 38.7 Å². The van der Waals surface area contributed by atoms with Gasteiger partial charge >= 0.3 is 5.97 Å². The number of ether oxygens (including phenoxy) is 1. The van der Waals surface area contributed by atoms with Crippen LogP contribution in [0.4, 0.5) is 4.39 Å². The zero-order valence-electron chi connectivity index (χ0n) is 17.8. The minimum absolute atomic E-state index is 0.125. The van der Waals surface area contributed by atoms with Gasteiger partial charge in [-0.25, -0.2) is 9.18 Å². The highest BCUT2D eigenvalue weighted by Gasteiger charge is 2.36. The van der Waals surface area contributed by atoms with Crippen LogP contribution in [-0.2, 0) is 4.74 Å². The number of fused-ring (bicyclic) bond motifs is 2. The maximum atomic E-state index is 15.0. The maximum absolute atomic E-state index is 15.0. The molecule has 0 bridgehead atoms. The predicted octanol–water partition coefficient (Wildman–Crippen LogP) is 7.26. The smallest absolute Gasteiger partial charge is 0.337 e. The average Bonchev–Trinajstić information content (AvgIpc) is 2.75. The van der Waals surface area contributed by atoms with Crippen molar-refractivity contribution in [3.63, 3.8) is 0 Å². The molecule has 4 atom stereocenters. The Labute approximate surface area is 173 Å².